The lowest BCUT2D eigenvalue weighted by Gasteiger charge is -1.79. The van der Waals surface area contributed by atoms with Crippen LogP contribution in [0.1, 0.15) is 15.2 Å². The minimum Gasteiger partial charge on any atom is -0.266 e. The van der Waals surface area contributed by atoms with Gasteiger partial charge in [0.25, 0.3) is 5.91 Å². The Balaban J connectivity index is 2.98. The van der Waals surface area contributed by atoms with Crippen molar-refractivity contribution in [2.75, 3.05) is 0 Å². The summed E-state index contributed by atoms with van der Waals surface area (Å²) in [5.41, 5.74) is 7.76. The highest BCUT2D eigenvalue weighted by Crippen LogP contribution is 2.12. The predicted molar refractivity (Wildman–Crippen MR) is 36.5 cm³/mol. The molecule has 2 nitrogen and oxygen atoms in total. The van der Waals surface area contributed by atoms with Crippen molar-refractivity contribution in [3.63, 3.8) is 0 Å². The van der Waals surface area contributed by atoms with E-state index < -0.39 is 5.91 Å². The van der Waals surface area contributed by atoms with Gasteiger partial charge in [-0.2, -0.15) is 0 Å². The highest BCUT2D eigenvalue weighted by atomic mass is 32.1. The molecule has 1 N–H and O–H groups in total. The van der Waals surface area contributed by atoms with Crippen LogP contribution in [0.25, 0.3) is 0 Å². The fourth-order valence-corrected chi connectivity index (χ4v) is 1.29. The third kappa shape index (κ3) is 1.29. The number of hydrogen-bond acceptors (Lipinski definition) is 2. The molecule has 0 spiro atoms. The van der Waals surface area contributed by atoms with E-state index >= 15 is 0 Å². The van der Waals surface area contributed by atoms with Crippen molar-refractivity contribution in [2.24, 2.45) is 0 Å². The van der Waals surface area contributed by atoms with Gasteiger partial charge in [-0.05, 0) is 23.9 Å². The van der Waals surface area contributed by atoms with Gasteiger partial charge in [-0.1, -0.05) is 0 Å². The summed E-state index contributed by atoms with van der Waals surface area (Å²) >= 11 is 1.32. The summed E-state index contributed by atoms with van der Waals surface area (Å²) in [6, 6.07) is 1.72. The average molecular weight is 140 g/mol. The van der Waals surface area contributed by atoms with Gasteiger partial charge in [0, 0.05) is 0 Å². The minimum atomic E-state index is -0.590. The zero-order valence-corrected chi connectivity index (χ0v) is 5.79. The van der Waals surface area contributed by atoms with Crippen LogP contribution >= 0.6 is 11.3 Å². The first-order valence-electron chi connectivity index (χ1n) is 2.51. The molecular weight excluding hydrogens is 134 g/mol. The fourth-order valence-electron chi connectivity index (χ4n) is 0.550. The fraction of sp³-hybridized carbons (Fsp3) is 0.167. The zero-order valence-electron chi connectivity index (χ0n) is 4.97. The maximum Gasteiger partial charge on any atom is 0.279 e. The Hall–Kier alpha value is -0.830. The summed E-state index contributed by atoms with van der Waals surface area (Å²) in [6.45, 7) is 1.91. The van der Waals surface area contributed by atoms with E-state index in [1.54, 1.807) is 6.07 Å². The first-order chi connectivity index (χ1) is 4.20. The number of hydrogen-bond donors (Lipinski definition) is 0. The van der Waals surface area contributed by atoms with Gasteiger partial charge in [0.1, 0.15) is 0 Å². The number of aryl methyl sites for hydroxylation is 1. The van der Waals surface area contributed by atoms with Crippen LogP contribution in [-0.2, 0) is 0 Å². The van der Waals surface area contributed by atoms with Gasteiger partial charge < -0.3 is 0 Å². The minimum absolute atomic E-state index is 0.521. The molecule has 0 aliphatic carbocycles. The normalized spacial score (nSPS) is 9.44. The van der Waals surface area contributed by atoms with E-state index in [1.807, 2.05) is 12.3 Å². The Morgan fingerprint density at radius 2 is 2.44 bits per heavy atom. The standard InChI is InChI=1S/C6H6NOS/c1-4-2-5(6(7)8)9-3-4/h2-3,7H,1H3. The number of rotatable bonds is 1. The van der Waals surface area contributed by atoms with Gasteiger partial charge in [-0.25, -0.2) is 0 Å². The molecule has 1 aromatic heterocycles. The molecule has 1 heterocycles. The highest BCUT2D eigenvalue weighted by molar-refractivity contribution is 7.12. The molecule has 0 bridgehead atoms. The van der Waals surface area contributed by atoms with Gasteiger partial charge in [0.2, 0.25) is 0 Å². The third-order valence-corrected chi connectivity index (χ3v) is 2.00. The number of carbonyl (C=O) groups is 1. The zero-order chi connectivity index (χ0) is 6.85. The molecule has 0 aliphatic rings. The van der Waals surface area contributed by atoms with Crippen molar-refractivity contribution in [1.29, 1.82) is 0 Å². The number of carbonyl (C=O) groups excluding carboxylic acids is 1. The summed E-state index contributed by atoms with van der Waals surface area (Å²) < 4.78 is 0. The Labute approximate surface area is 57.3 Å². The molecule has 0 saturated heterocycles. The van der Waals surface area contributed by atoms with E-state index in [0.717, 1.165) is 5.56 Å². The Morgan fingerprint density at radius 1 is 1.78 bits per heavy atom. The molecule has 0 aliphatic heterocycles. The summed E-state index contributed by atoms with van der Waals surface area (Å²) in [6.07, 6.45) is 0. The number of nitrogens with one attached hydrogen (secondary N) is 1. The molecule has 0 atom stereocenters. The molecule has 1 radical (unpaired) electrons. The molecule has 0 aromatic carbocycles. The smallest absolute Gasteiger partial charge is 0.266 e. The molecule has 3 heteroatoms. The van der Waals surface area contributed by atoms with E-state index in [2.05, 4.69) is 0 Å². The Bertz CT molecular complexity index is 229. The Morgan fingerprint density at radius 3 is 2.67 bits per heavy atom. The van der Waals surface area contributed by atoms with Crippen LogP contribution in [0.2, 0.25) is 0 Å². The SMILES string of the molecule is Cc1csc(C([NH])=O)c1. The van der Waals surface area contributed by atoms with Crippen molar-refractivity contribution in [2.45, 2.75) is 6.92 Å². The molecule has 1 rings (SSSR count). The van der Waals surface area contributed by atoms with Crippen LogP contribution in [0.5, 0.6) is 0 Å². The molecule has 0 unspecified atom stereocenters. The first kappa shape index (κ1) is 6.29. The molecule has 9 heavy (non-hydrogen) atoms. The topological polar surface area (TPSA) is 40.9 Å². The van der Waals surface area contributed by atoms with E-state index in [4.69, 9.17) is 5.73 Å². The van der Waals surface area contributed by atoms with Gasteiger partial charge in [0.05, 0.1) is 4.88 Å². The second kappa shape index (κ2) is 2.19. The lowest BCUT2D eigenvalue weighted by Crippen LogP contribution is -1.93. The van der Waals surface area contributed by atoms with Crippen molar-refractivity contribution in [1.82, 2.24) is 5.73 Å². The van der Waals surface area contributed by atoms with E-state index in [-0.39, 0.29) is 0 Å². The van der Waals surface area contributed by atoms with Crippen molar-refractivity contribution in [3.05, 3.63) is 21.9 Å². The summed E-state index contributed by atoms with van der Waals surface area (Å²) in [5, 5.41) is 1.86. The molecule has 47 valence electrons. The molecular formula is C6H6NOS. The van der Waals surface area contributed by atoms with Gasteiger partial charge in [0.15, 0.2) is 0 Å². The Kier molecular flexibility index (Phi) is 1.53. The molecule has 0 fully saturated rings. The average Bonchev–Trinajstić information content (AvgIpc) is 2.14. The second-order valence-electron chi connectivity index (χ2n) is 1.82. The molecule has 1 amide bonds. The monoisotopic (exact) mass is 140 g/mol. The van der Waals surface area contributed by atoms with E-state index in [9.17, 15) is 4.79 Å². The maximum absolute atomic E-state index is 10.3. The molecule has 1 aromatic rings. The van der Waals surface area contributed by atoms with E-state index in [1.165, 1.54) is 11.3 Å². The van der Waals surface area contributed by atoms with Crippen LogP contribution in [0.4, 0.5) is 0 Å². The lowest BCUT2D eigenvalue weighted by atomic mass is 10.3. The third-order valence-electron chi connectivity index (χ3n) is 0.954. The van der Waals surface area contributed by atoms with Crippen molar-refractivity contribution >= 4 is 17.2 Å². The van der Waals surface area contributed by atoms with Crippen LogP contribution in [-0.4, -0.2) is 5.91 Å². The van der Waals surface area contributed by atoms with Gasteiger partial charge >= 0.3 is 0 Å². The number of thiophene rings is 1. The van der Waals surface area contributed by atoms with Crippen molar-refractivity contribution < 1.29 is 4.79 Å². The summed E-state index contributed by atoms with van der Waals surface area (Å²) in [7, 11) is 0. The lowest BCUT2D eigenvalue weighted by molar-refractivity contribution is 0.0996. The predicted octanol–water partition coefficient (Wildman–Crippen LogP) is 1.48. The largest absolute Gasteiger partial charge is 0.279 e. The summed E-state index contributed by atoms with van der Waals surface area (Å²) in [4.78, 5) is 10.9. The second-order valence-corrected chi connectivity index (χ2v) is 2.73. The van der Waals surface area contributed by atoms with Gasteiger partial charge in [-0.15, -0.1) is 11.3 Å². The summed E-state index contributed by atoms with van der Waals surface area (Å²) in [5.74, 6) is -0.590. The van der Waals surface area contributed by atoms with Crippen LogP contribution in [0, 0.1) is 6.92 Å². The quantitative estimate of drug-likeness (QED) is 0.582. The molecule has 0 saturated carbocycles. The number of amides is 1. The van der Waals surface area contributed by atoms with Crippen LogP contribution < -0.4 is 5.73 Å². The van der Waals surface area contributed by atoms with E-state index in [0.29, 0.717) is 4.88 Å². The highest BCUT2D eigenvalue weighted by Gasteiger charge is 2.01. The van der Waals surface area contributed by atoms with Crippen molar-refractivity contribution in [3.8, 4) is 0 Å². The maximum atomic E-state index is 10.3. The van der Waals surface area contributed by atoms with Crippen LogP contribution in [0.15, 0.2) is 11.4 Å². The van der Waals surface area contributed by atoms with Gasteiger partial charge in [-0.3, -0.25) is 10.5 Å². The van der Waals surface area contributed by atoms with Crippen LogP contribution in [0.3, 0.4) is 0 Å². The first-order valence-corrected chi connectivity index (χ1v) is 3.39.